The number of benzene rings is 1. The molecule has 4 rings (SSSR count). The molecule has 1 amide bonds. The van der Waals surface area contributed by atoms with Gasteiger partial charge >= 0.3 is 0 Å². The standard InChI is InChI=1S/C17H15FN2O3S3/c18-12-5-1-2-6-13(12)20-14-9-26(22,23)10-15(14)25-17(20)19-16(21)8-11-4-3-7-24-11/h1-7,14-15H,8-10H2/t14-,15-/m1/s1. The Hall–Kier alpha value is -1.71. The predicted molar refractivity (Wildman–Crippen MR) is 103 cm³/mol. The zero-order valence-electron chi connectivity index (χ0n) is 13.5. The number of aliphatic imine (C=N–C) groups is 1. The van der Waals surface area contributed by atoms with E-state index >= 15 is 0 Å². The summed E-state index contributed by atoms with van der Waals surface area (Å²) in [6.07, 6.45) is 0.181. The molecule has 0 aliphatic carbocycles. The summed E-state index contributed by atoms with van der Waals surface area (Å²) < 4.78 is 38.4. The monoisotopic (exact) mass is 410 g/mol. The van der Waals surface area contributed by atoms with E-state index in [1.54, 1.807) is 23.1 Å². The fourth-order valence-electron chi connectivity index (χ4n) is 3.20. The summed E-state index contributed by atoms with van der Waals surface area (Å²) in [5, 5.41) is 2.02. The molecule has 2 fully saturated rings. The molecule has 0 spiro atoms. The van der Waals surface area contributed by atoms with E-state index in [0.29, 0.717) is 5.17 Å². The summed E-state index contributed by atoms with van der Waals surface area (Å²) in [6.45, 7) is 0. The Labute approximate surface area is 158 Å². The van der Waals surface area contributed by atoms with Gasteiger partial charge in [0.15, 0.2) is 15.0 Å². The van der Waals surface area contributed by atoms with E-state index in [9.17, 15) is 17.6 Å². The van der Waals surface area contributed by atoms with Crippen LogP contribution in [0.2, 0.25) is 0 Å². The molecule has 2 aromatic rings. The van der Waals surface area contributed by atoms with Crippen LogP contribution in [0.25, 0.3) is 0 Å². The van der Waals surface area contributed by atoms with Gasteiger partial charge in [0.1, 0.15) is 5.82 Å². The van der Waals surface area contributed by atoms with Crippen molar-refractivity contribution in [3.8, 4) is 0 Å². The first-order valence-corrected chi connectivity index (χ1v) is 11.6. The van der Waals surface area contributed by atoms with Crippen LogP contribution < -0.4 is 4.90 Å². The number of thiophene rings is 1. The Bertz CT molecular complexity index is 973. The molecule has 2 saturated heterocycles. The number of para-hydroxylation sites is 1. The number of rotatable bonds is 3. The number of sulfone groups is 1. The largest absolute Gasteiger partial charge is 0.313 e. The third-order valence-corrected chi connectivity index (χ3v) is 8.39. The van der Waals surface area contributed by atoms with Crippen molar-refractivity contribution in [2.75, 3.05) is 16.4 Å². The molecule has 2 aliphatic heterocycles. The van der Waals surface area contributed by atoms with Crippen LogP contribution >= 0.6 is 23.1 Å². The number of anilines is 1. The van der Waals surface area contributed by atoms with Gasteiger partial charge in [0.2, 0.25) is 0 Å². The zero-order chi connectivity index (χ0) is 18.3. The van der Waals surface area contributed by atoms with Crippen molar-refractivity contribution in [3.63, 3.8) is 0 Å². The number of amides is 1. The molecule has 5 nitrogen and oxygen atoms in total. The van der Waals surface area contributed by atoms with Crippen LogP contribution in [0.4, 0.5) is 10.1 Å². The summed E-state index contributed by atoms with van der Waals surface area (Å²) >= 11 is 2.72. The number of carbonyl (C=O) groups excluding carboxylic acids is 1. The van der Waals surface area contributed by atoms with E-state index in [1.807, 2.05) is 17.5 Å². The van der Waals surface area contributed by atoms with Gasteiger partial charge in [-0.25, -0.2) is 12.8 Å². The molecule has 0 bridgehead atoms. The number of fused-ring (bicyclic) bond motifs is 1. The average molecular weight is 411 g/mol. The highest BCUT2D eigenvalue weighted by atomic mass is 32.2. The maximum atomic E-state index is 14.4. The molecule has 9 heteroatoms. The number of nitrogens with zero attached hydrogens (tertiary/aromatic N) is 2. The second-order valence-corrected chi connectivity index (χ2v) is 10.6. The van der Waals surface area contributed by atoms with E-state index in [2.05, 4.69) is 4.99 Å². The van der Waals surface area contributed by atoms with Crippen LogP contribution in [0.15, 0.2) is 46.8 Å². The summed E-state index contributed by atoms with van der Waals surface area (Å²) in [5.74, 6) is -0.821. The van der Waals surface area contributed by atoms with Gasteiger partial charge in [-0.2, -0.15) is 4.99 Å². The molecule has 26 heavy (non-hydrogen) atoms. The van der Waals surface area contributed by atoms with Gasteiger partial charge in [0.25, 0.3) is 5.91 Å². The molecule has 2 atom stereocenters. The van der Waals surface area contributed by atoms with E-state index in [0.717, 1.165) is 4.88 Å². The minimum atomic E-state index is -3.18. The van der Waals surface area contributed by atoms with Crippen LogP contribution in [-0.4, -0.2) is 42.3 Å². The van der Waals surface area contributed by atoms with Crippen molar-refractivity contribution >= 4 is 49.7 Å². The van der Waals surface area contributed by atoms with Crippen molar-refractivity contribution in [2.45, 2.75) is 17.7 Å². The highest BCUT2D eigenvalue weighted by molar-refractivity contribution is 8.16. The lowest BCUT2D eigenvalue weighted by Gasteiger charge is -2.24. The first-order chi connectivity index (χ1) is 12.4. The van der Waals surface area contributed by atoms with Gasteiger partial charge < -0.3 is 4.90 Å². The lowest BCUT2D eigenvalue weighted by Crippen LogP contribution is -2.38. The van der Waals surface area contributed by atoms with Crippen molar-refractivity contribution < 1.29 is 17.6 Å². The summed E-state index contributed by atoms with van der Waals surface area (Å²) in [4.78, 5) is 19.0. The van der Waals surface area contributed by atoms with Gasteiger partial charge in [-0.1, -0.05) is 30.0 Å². The number of thioether (sulfide) groups is 1. The Morgan fingerprint density at radius 3 is 2.77 bits per heavy atom. The molecule has 3 heterocycles. The zero-order valence-corrected chi connectivity index (χ0v) is 16.0. The lowest BCUT2D eigenvalue weighted by molar-refractivity contribution is -0.117. The van der Waals surface area contributed by atoms with Gasteiger partial charge in [-0.05, 0) is 23.6 Å². The van der Waals surface area contributed by atoms with Crippen molar-refractivity contribution in [1.82, 2.24) is 0 Å². The van der Waals surface area contributed by atoms with Gasteiger partial charge in [0.05, 0.1) is 29.7 Å². The molecule has 2 aliphatic rings. The SMILES string of the molecule is O=C(Cc1cccs1)N=C1S[C@@H]2CS(=O)(=O)C[C@H]2N1c1ccccc1F. The molecule has 0 saturated carbocycles. The molecule has 1 aromatic carbocycles. The Morgan fingerprint density at radius 1 is 1.23 bits per heavy atom. The number of hydrogen-bond donors (Lipinski definition) is 0. The summed E-state index contributed by atoms with van der Waals surface area (Å²) in [5.41, 5.74) is 0.257. The van der Waals surface area contributed by atoms with E-state index in [-0.39, 0.29) is 34.8 Å². The van der Waals surface area contributed by atoms with Gasteiger partial charge in [-0.3, -0.25) is 4.79 Å². The predicted octanol–water partition coefficient (Wildman–Crippen LogP) is 2.73. The Morgan fingerprint density at radius 2 is 2.04 bits per heavy atom. The van der Waals surface area contributed by atoms with Crippen molar-refractivity contribution in [3.05, 3.63) is 52.5 Å². The van der Waals surface area contributed by atoms with Gasteiger partial charge in [-0.15, -0.1) is 11.3 Å². The van der Waals surface area contributed by atoms with Crippen molar-refractivity contribution in [2.24, 2.45) is 4.99 Å². The maximum absolute atomic E-state index is 14.4. The molecule has 136 valence electrons. The van der Waals surface area contributed by atoms with Gasteiger partial charge in [0, 0.05) is 10.1 Å². The first kappa shape index (κ1) is 17.7. The second-order valence-electron chi connectivity index (χ2n) is 6.17. The minimum Gasteiger partial charge on any atom is -0.313 e. The van der Waals surface area contributed by atoms with Crippen LogP contribution in [0.3, 0.4) is 0 Å². The Balaban J connectivity index is 1.68. The minimum absolute atomic E-state index is 0.0193. The van der Waals surface area contributed by atoms with E-state index in [1.165, 1.54) is 29.2 Å². The fraction of sp³-hybridized carbons (Fsp3) is 0.294. The third-order valence-electron chi connectivity index (χ3n) is 4.30. The molecule has 1 aromatic heterocycles. The normalized spacial score (nSPS) is 25.6. The van der Waals surface area contributed by atoms with Crippen LogP contribution in [-0.2, 0) is 21.1 Å². The number of halogens is 1. The quantitative estimate of drug-likeness (QED) is 0.778. The van der Waals surface area contributed by atoms with Crippen LogP contribution in [0.1, 0.15) is 4.88 Å². The second kappa shape index (κ2) is 6.79. The average Bonchev–Trinajstić information content (AvgIpc) is 3.23. The highest BCUT2D eigenvalue weighted by Gasteiger charge is 2.49. The topological polar surface area (TPSA) is 66.8 Å². The lowest BCUT2D eigenvalue weighted by atomic mass is 10.2. The summed E-state index contributed by atoms with van der Waals surface area (Å²) in [7, 11) is -3.18. The van der Waals surface area contributed by atoms with Crippen molar-refractivity contribution in [1.29, 1.82) is 0 Å². The molecule has 0 radical (unpaired) electrons. The third kappa shape index (κ3) is 3.43. The number of carbonyl (C=O) groups is 1. The summed E-state index contributed by atoms with van der Waals surface area (Å²) in [6, 6.07) is 9.49. The highest BCUT2D eigenvalue weighted by Crippen LogP contribution is 2.41. The van der Waals surface area contributed by atoms with Crippen LogP contribution in [0, 0.1) is 5.82 Å². The number of amidine groups is 1. The smallest absolute Gasteiger partial charge is 0.253 e. The number of hydrogen-bond acceptors (Lipinski definition) is 5. The maximum Gasteiger partial charge on any atom is 0.253 e. The molecule has 0 N–H and O–H groups in total. The molecular formula is C17H15FN2O3S3. The van der Waals surface area contributed by atoms with Crippen LogP contribution in [0.5, 0.6) is 0 Å². The molecular weight excluding hydrogens is 395 g/mol. The van der Waals surface area contributed by atoms with E-state index in [4.69, 9.17) is 0 Å². The first-order valence-electron chi connectivity index (χ1n) is 7.98. The molecule has 0 unspecified atom stereocenters. The van der Waals surface area contributed by atoms with E-state index < -0.39 is 21.7 Å². The Kier molecular flexibility index (Phi) is 4.62. The fourth-order valence-corrected chi connectivity index (χ4v) is 7.82.